The van der Waals surface area contributed by atoms with Crippen LogP contribution in [-0.4, -0.2) is 35.7 Å². The van der Waals surface area contributed by atoms with E-state index in [2.05, 4.69) is 5.73 Å². The molecule has 0 aliphatic heterocycles. The first-order chi connectivity index (χ1) is 10.2. The molecule has 1 nitrogen and oxygen atoms in total. The highest BCUT2D eigenvalue weighted by atomic mass is 19.4. The van der Waals surface area contributed by atoms with E-state index in [1.807, 2.05) is 0 Å². The predicted molar refractivity (Wildman–Crippen MR) is 57.9 cm³/mol. The van der Waals surface area contributed by atoms with Crippen molar-refractivity contribution in [2.75, 3.05) is 0 Å². The van der Waals surface area contributed by atoms with Crippen molar-refractivity contribution in [2.45, 2.75) is 62.3 Å². The molecule has 0 aromatic carbocycles. The summed E-state index contributed by atoms with van der Waals surface area (Å²) in [6.45, 7) is 2.55. The Morgan fingerprint density at radius 2 is 0.958 bits per heavy atom. The molecule has 0 rings (SSSR count). The summed E-state index contributed by atoms with van der Waals surface area (Å²) in [5.41, 5.74) is 4.22. The number of alkyl halides is 12. The monoisotopic (exact) mass is 387 g/mol. The SMILES string of the molecule is CC(C)CCC(N)(F)C(F)(F)C(F)(F)C(F)(F)C(F)(F)C(F)(F)F. The summed E-state index contributed by atoms with van der Waals surface area (Å²) in [6, 6.07) is 0. The number of halogens is 12. The van der Waals surface area contributed by atoms with Crippen LogP contribution in [0.4, 0.5) is 52.7 Å². The Morgan fingerprint density at radius 1 is 0.625 bits per heavy atom. The van der Waals surface area contributed by atoms with E-state index in [1.54, 1.807) is 0 Å². The molecule has 146 valence electrons. The maximum atomic E-state index is 13.6. The van der Waals surface area contributed by atoms with E-state index >= 15 is 0 Å². The van der Waals surface area contributed by atoms with Crippen LogP contribution in [0.1, 0.15) is 26.7 Å². The van der Waals surface area contributed by atoms with Crippen LogP contribution in [0.2, 0.25) is 0 Å². The lowest BCUT2D eigenvalue weighted by Crippen LogP contribution is -2.72. The van der Waals surface area contributed by atoms with Gasteiger partial charge in [-0.3, -0.25) is 5.73 Å². The summed E-state index contributed by atoms with van der Waals surface area (Å²) in [6.07, 6.45) is -9.62. The van der Waals surface area contributed by atoms with Crippen molar-refractivity contribution in [3.63, 3.8) is 0 Å². The second-order valence-electron chi connectivity index (χ2n) is 5.59. The topological polar surface area (TPSA) is 26.0 Å². The zero-order valence-corrected chi connectivity index (χ0v) is 12.1. The summed E-state index contributed by atoms with van der Waals surface area (Å²) in [7, 11) is 0. The van der Waals surface area contributed by atoms with Crippen LogP contribution in [0.15, 0.2) is 0 Å². The van der Waals surface area contributed by atoms with Gasteiger partial charge >= 0.3 is 29.9 Å². The Labute approximate surface area is 128 Å². The van der Waals surface area contributed by atoms with Gasteiger partial charge in [0.2, 0.25) is 5.79 Å². The average Bonchev–Trinajstić information content (AvgIpc) is 2.34. The Kier molecular flexibility index (Phi) is 5.91. The van der Waals surface area contributed by atoms with Gasteiger partial charge < -0.3 is 0 Å². The molecule has 13 heteroatoms. The molecule has 0 radical (unpaired) electrons. The van der Waals surface area contributed by atoms with Gasteiger partial charge in [-0.1, -0.05) is 13.8 Å². The molecule has 0 fully saturated rings. The molecular weight excluding hydrogens is 374 g/mol. The fraction of sp³-hybridized carbons (Fsp3) is 1.00. The molecule has 0 aromatic rings. The van der Waals surface area contributed by atoms with Crippen LogP contribution < -0.4 is 5.73 Å². The van der Waals surface area contributed by atoms with Gasteiger partial charge in [-0.25, -0.2) is 4.39 Å². The molecule has 0 saturated heterocycles. The van der Waals surface area contributed by atoms with Crippen molar-refractivity contribution in [3.8, 4) is 0 Å². The fourth-order valence-electron chi connectivity index (χ4n) is 1.49. The van der Waals surface area contributed by atoms with Gasteiger partial charge in [0, 0.05) is 6.42 Å². The van der Waals surface area contributed by atoms with Gasteiger partial charge in [-0.05, 0) is 12.3 Å². The first-order valence-corrected chi connectivity index (χ1v) is 6.22. The third-order valence-corrected chi connectivity index (χ3v) is 3.15. The Bertz CT molecular complexity index is 437. The number of hydrogen-bond donors (Lipinski definition) is 1. The molecule has 1 unspecified atom stereocenters. The molecule has 1 atom stereocenters. The van der Waals surface area contributed by atoms with Crippen molar-refractivity contribution in [2.24, 2.45) is 11.7 Å². The second kappa shape index (κ2) is 6.13. The fourth-order valence-corrected chi connectivity index (χ4v) is 1.49. The van der Waals surface area contributed by atoms with Crippen LogP contribution in [0, 0.1) is 5.92 Å². The van der Waals surface area contributed by atoms with E-state index in [4.69, 9.17) is 0 Å². The molecule has 0 aromatic heterocycles. The lowest BCUT2D eigenvalue weighted by molar-refractivity contribution is -0.432. The summed E-state index contributed by atoms with van der Waals surface area (Å²) >= 11 is 0. The minimum atomic E-state index is -7.66. The summed E-state index contributed by atoms with van der Waals surface area (Å²) < 4.78 is 154. The summed E-state index contributed by atoms with van der Waals surface area (Å²) in [5, 5.41) is 0. The molecule has 0 saturated carbocycles. The van der Waals surface area contributed by atoms with Crippen LogP contribution in [0.25, 0.3) is 0 Å². The Hall–Kier alpha value is -0.880. The van der Waals surface area contributed by atoms with Crippen LogP contribution in [0.5, 0.6) is 0 Å². The van der Waals surface area contributed by atoms with Crippen molar-refractivity contribution in [1.29, 1.82) is 0 Å². The van der Waals surface area contributed by atoms with Crippen LogP contribution in [-0.2, 0) is 0 Å². The lowest BCUT2D eigenvalue weighted by atomic mass is 9.88. The standard InChI is InChI=1S/C11H13F12N/c1-5(2)3-4-6(12,24)7(13,14)8(15,16)9(17,18)10(19,20)11(21,22)23/h5H,3-4,24H2,1-2H3. The highest BCUT2D eigenvalue weighted by molar-refractivity contribution is 5.11. The molecule has 0 heterocycles. The van der Waals surface area contributed by atoms with Crippen LogP contribution in [0.3, 0.4) is 0 Å². The van der Waals surface area contributed by atoms with Crippen molar-refractivity contribution >= 4 is 0 Å². The van der Waals surface area contributed by atoms with E-state index in [0.717, 1.165) is 0 Å². The van der Waals surface area contributed by atoms with E-state index in [0.29, 0.717) is 0 Å². The molecule has 0 aliphatic rings. The van der Waals surface area contributed by atoms with Crippen molar-refractivity contribution < 1.29 is 52.7 Å². The zero-order chi connectivity index (χ0) is 20.0. The molecule has 2 N–H and O–H groups in total. The molecule has 24 heavy (non-hydrogen) atoms. The van der Waals surface area contributed by atoms with Gasteiger partial charge in [0.05, 0.1) is 0 Å². The first kappa shape index (κ1) is 23.1. The zero-order valence-electron chi connectivity index (χ0n) is 12.1. The third kappa shape index (κ3) is 3.40. The predicted octanol–water partition coefficient (Wildman–Crippen LogP) is 5.15. The maximum Gasteiger partial charge on any atom is 0.460 e. The Balaban J connectivity index is 6.01. The van der Waals surface area contributed by atoms with E-state index in [9.17, 15) is 52.7 Å². The molecule has 0 aliphatic carbocycles. The number of rotatable bonds is 7. The first-order valence-electron chi connectivity index (χ1n) is 6.22. The number of nitrogens with two attached hydrogens (primary N) is 1. The van der Waals surface area contributed by atoms with Gasteiger partial charge in [-0.2, -0.15) is 48.3 Å². The summed E-state index contributed by atoms with van der Waals surface area (Å²) in [5.74, 6) is -34.9. The minimum absolute atomic E-state index is 0.634. The average molecular weight is 387 g/mol. The maximum absolute atomic E-state index is 13.6. The van der Waals surface area contributed by atoms with Crippen LogP contribution >= 0.6 is 0 Å². The van der Waals surface area contributed by atoms with E-state index in [-0.39, 0.29) is 0 Å². The summed E-state index contributed by atoms with van der Waals surface area (Å²) in [4.78, 5) is 0. The lowest BCUT2D eigenvalue weighted by Gasteiger charge is -2.41. The molecule has 0 spiro atoms. The van der Waals surface area contributed by atoms with Gasteiger partial charge in [-0.15, -0.1) is 0 Å². The van der Waals surface area contributed by atoms with E-state index < -0.39 is 54.4 Å². The normalized spacial score (nSPS) is 18.0. The van der Waals surface area contributed by atoms with Gasteiger partial charge in [0.15, 0.2) is 0 Å². The smallest absolute Gasteiger partial charge is 0.294 e. The van der Waals surface area contributed by atoms with Gasteiger partial charge in [0.1, 0.15) is 0 Å². The van der Waals surface area contributed by atoms with Crippen molar-refractivity contribution in [1.82, 2.24) is 0 Å². The highest BCUT2D eigenvalue weighted by Gasteiger charge is 2.89. The minimum Gasteiger partial charge on any atom is -0.294 e. The van der Waals surface area contributed by atoms with E-state index in [1.165, 1.54) is 13.8 Å². The largest absolute Gasteiger partial charge is 0.460 e. The van der Waals surface area contributed by atoms with Crippen molar-refractivity contribution in [3.05, 3.63) is 0 Å². The molecule has 0 bridgehead atoms. The molecule has 0 amide bonds. The quantitative estimate of drug-likeness (QED) is 0.475. The second-order valence-corrected chi connectivity index (χ2v) is 5.59. The molecular formula is C11H13F12N. The highest BCUT2D eigenvalue weighted by Crippen LogP contribution is 2.59. The Morgan fingerprint density at radius 3 is 1.25 bits per heavy atom. The number of hydrogen-bond acceptors (Lipinski definition) is 1. The van der Waals surface area contributed by atoms with Gasteiger partial charge in [0.25, 0.3) is 0 Å². The third-order valence-electron chi connectivity index (χ3n) is 3.15.